The third kappa shape index (κ3) is 4.13. The number of anilines is 1. The molecule has 1 aliphatic heterocycles. The molecule has 4 rings (SSSR count). The summed E-state index contributed by atoms with van der Waals surface area (Å²) in [4.78, 5) is 13.3. The zero-order valence-corrected chi connectivity index (χ0v) is 16.7. The Kier molecular flexibility index (Phi) is 6.22. The Morgan fingerprint density at radius 2 is 1.79 bits per heavy atom. The Balaban J connectivity index is 0.00000225. The number of hydrogen-bond acceptors (Lipinski definition) is 3. The van der Waals surface area contributed by atoms with Crippen LogP contribution in [0.3, 0.4) is 0 Å². The number of hydrogen-bond donors (Lipinski definition) is 2. The molecule has 1 saturated heterocycles. The van der Waals surface area contributed by atoms with Crippen LogP contribution in [0.5, 0.6) is 0 Å². The van der Waals surface area contributed by atoms with Crippen molar-refractivity contribution in [3.05, 3.63) is 77.9 Å². The molecule has 0 bridgehead atoms. The van der Waals surface area contributed by atoms with E-state index in [2.05, 4.69) is 59.6 Å². The van der Waals surface area contributed by atoms with Gasteiger partial charge in [-0.05, 0) is 53.9 Å². The second-order valence-corrected chi connectivity index (χ2v) is 7.24. The molecule has 5 heteroatoms. The SMILES string of the molecule is C[C@@H](NC1CCN(c2ccc(C(=O)O)cc2)C1)c1cccc2ccccc12.Cl. The lowest BCUT2D eigenvalue weighted by Gasteiger charge is -2.23. The topological polar surface area (TPSA) is 52.6 Å². The Bertz CT molecular complexity index is 953. The van der Waals surface area contributed by atoms with E-state index in [4.69, 9.17) is 5.11 Å². The lowest BCUT2D eigenvalue weighted by atomic mass is 9.99. The van der Waals surface area contributed by atoms with Gasteiger partial charge >= 0.3 is 5.97 Å². The molecular formula is C23H25ClN2O2. The van der Waals surface area contributed by atoms with Gasteiger partial charge in [0.1, 0.15) is 0 Å². The normalized spacial score (nSPS) is 17.3. The number of halogens is 1. The summed E-state index contributed by atoms with van der Waals surface area (Å²) in [5.74, 6) is -0.883. The van der Waals surface area contributed by atoms with E-state index in [0.29, 0.717) is 11.6 Å². The van der Waals surface area contributed by atoms with E-state index in [9.17, 15) is 4.79 Å². The van der Waals surface area contributed by atoms with Crippen LogP contribution in [-0.2, 0) is 0 Å². The van der Waals surface area contributed by atoms with Gasteiger partial charge < -0.3 is 15.3 Å². The van der Waals surface area contributed by atoms with Gasteiger partial charge in [0, 0.05) is 30.9 Å². The monoisotopic (exact) mass is 396 g/mol. The summed E-state index contributed by atoms with van der Waals surface area (Å²) in [7, 11) is 0. The van der Waals surface area contributed by atoms with Crippen molar-refractivity contribution in [2.75, 3.05) is 18.0 Å². The van der Waals surface area contributed by atoms with Crippen LogP contribution in [-0.4, -0.2) is 30.2 Å². The number of carboxylic acid groups (broad SMARTS) is 1. The van der Waals surface area contributed by atoms with Gasteiger partial charge in [0.2, 0.25) is 0 Å². The van der Waals surface area contributed by atoms with Gasteiger partial charge in [0.25, 0.3) is 0 Å². The fourth-order valence-corrected chi connectivity index (χ4v) is 4.02. The zero-order chi connectivity index (χ0) is 18.8. The fourth-order valence-electron chi connectivity index (χ4n) is 4.02. The molecule has 1 heterocycles. The number of benzene rings is 3. The van der Waals surface area contributed by atoms with Crippen molar-refractivity contribution in [2.45, 2.75) is 25.4 Å². The molecule has 0 saturated carbocycles. The van der Waals surface area contributed by atoms with E-state index in [1.807, 2.05) is 12.1 Å². The van der Waals surface area contributed by atoms with Crippen molar-refractivity contribution in [3.63, 3.8) is 0 Å². The standard InChI is InChI=1S/C23H24N2O2.ClH/c1-16(21-8-4-6-17-5-2-3-7-22(17)21)24-19-13-14-25(15-19)20-11-9-18(10-12-20)23(26)27;/h2-12,16,19,24H,13-15H2,1H3,(H,26,27);1H/t16-,19?;/m1./s1. The fraction of sp³-hybridized carbons (Fsp3) is 0.261. The molecule has 0 radical (unpaired) electrons. The highest BCUT2D eigenvalue weighted by Gasteiger charge is 2.24. The van der Waals surface area contributed by atoms with Gasteiger partial charge in [-0.1, -0.05) is 42.5 Å². The van der Waals surface area contributed by atoms with E-state index in [1.165, 1.54) is 16.3 Å². The summed E-state index contributed by atoms with van der Waals surface area (Å²) in [5.41, 5.74) is 2.75. The molecule has 2 atom stereocenters. The number of carboxylic acids is 1. The molecule has 1 aliphatic rings. The number of aromatic carboxylic acids is 1. The highest BCUT2D eigenvalue weighted by molar-refractivity contribution is 5.88. The summed E-state index contributed by atoms with van der Waals surface area (Å²) >= 11 is 0. The van der Waals surface area contributed by atoms with Crippen LogP contribution >= 0.6 is 12.4 Å². The summed E-state index contributed by atoms with van der Waals surface area (Å²) in [6.45, 7) is 4.14. The van der Waals surface area contributed by atoms with E-state index < -0.39 is 5.97 Å². The van der Waals surface area contributed by atoms with E-state index in [-0.39, 0.29) is 18.4 Å². The molecule has 3 aromatic carbocycles. The van der Waals surface area contributed by atoms with Crippen LogP contribution in [0.4, 0.5) is 5.69 Å². The van der Waals surface area contributed by atoms with Gasteiger partial charge in [-0.15, -0.1) is 12.4 Å². The Hall–Kier alpha value is -2.56. The Morgan fingerprint density at radius 1 is 1.07 bits per heavy atom. The average Bonchev–Trinajstić information content (AvgIpc) is 3.16. The first-order valence-corrected chi connectivity index (χ1v) is 9.44. The second kappa shape index (κ2) is 8.63. The number of carbonyl (C=O) groups is 1. The van der Waals surface area contributed by atoms with Gasteiger partial charge in [-0.25, -0.2) is 4.79 Å². The van der Waals surface area contributed by atoms with Gasteiger partial charge in [-0.2, -0.15) is 0 Å². The maximum atomic E-state index is 11.0. The van der Waals surface area contributed by atoms with Gasteiger partial charge in [-0.3, -0.25) is 0 Å². The minimum absolute atomic E-state index is 0. The van der Waals surface area contributed by atoms with E-state index >= 15 is 0 Å². The van der Waals surface area contributed by atoms with E-state index in [1.54, 1.807) is 12.1 Å². The summed E-state index contributed by atoms with van der Waals surface area (Å²) in [6.07, 6.45) is 1.08. The van der Waals surface area contributed by atoms with Gasteiger partial charge in [0.05, 0.1) is 5.56 Å². The molecule has 28 heavy (non-hydrogen) atoms. The molecule has 0 spiro atoms. The van der Waals surface area contributed by atoms with Crippen molar-refractivity contribution in [2.24, 2.45) is 0 Å². The highest BCUT2D eigenvalue weighted by Crippen LogP contribution is 2.26. The third-order valence-corrected chi connectivity index (χ3v) is 5.44. The highest BCUT2D eigenvalue weighted by atomic mass is 35.5. The average molecular weight is 397 g/mol. The van der Waals surface area contributed by atoms with Crippen molar-refractivity contribution in [1.82, 2.24) is 5.32 Å². The van der Waals surface area contributed by atoms with Gasteiger partial charge in [0.15, 0.2) is 0 Å². The largest absolute Gasteiger partial charge is 0.478 e. The molecule has 0 aliphatic carbocycles. The molecule has 2 N–H and O–H groups in total. The van der Waals surface area contributed by atoms with Crippen LogP contribution < -0.4 is 10.2 Å². The number of fused-ring (bicyclic) bond motifs is 1. The summed E-state index contributed by atoms with van der Waals surface area (Å²) < 4.78 is 0. The quantitative estimate of drug-likeness (QED) is 0.644. The minimum Gasteiger partial charge on any atom is -0.478 e. The first-order chi connectivity index (χ1) is 13.1. The van der Waals surface area contributed by atoms with Crippen molar-refractivity contribution in [3.8, 4) is 0 Å². The number of nitrogens with zero attached hydrogens (tertiary/aromatic N) is 1. The maximum Gasteiger partial charge on any atom is 0.335 e. The van der Waals surface area contributed by atoms with Crippen LogP contribution in [0.1, 0.15) is 35.3 Å². The predicted molar refractivity (Wildman–Crippen MR) is 117 cm³/mol. The molecular weight excluding hydrogens is 372 g/mol. The minimum atomic E-state index is -0.883. The smallest absolute Gasteiger partial charge is 0.335 e. The molecule has 0 aromatic heterocycles. The molecule has 146 valence electrons. The van der Waals surface area contributed by atoms with Crippen LogP contribution in [0.25, 0.3) is 10.8 Å². The van der Waals surface area contributed by atoms with E-state index in [0.717, 1.165) is 25.2 Å². The summed E-state index contributed by atoms with van der Waals surface area (Å²) in [6, 6.07) is 22.9. The Morgan fingerprint density at radius 3 is 2.54 bits per heavy atom. The van der Waals surface area contributed by atoms with Crippen molar-refractivity contribution >= 4 is 34.8 Å². The lowest BCUT2D eigenvalue weighted by Crippen LogP contribution is -2.34. The lowest BCUT2D eigenvalue weighted by molar-refractivity contribution is 0.0697. The van der Waals surface area contributed by atoms with Crippen molar-refractivity contribution < 1.29 is 9.90 Å². The molecule has 1 unspecified atom stereocenters. The van der Waals surface area contributed by atoms with Crippen LogP contribution in [0.15, 0.2) is 66.7 Å². The third-order valence-electron chi connectivity index (χ3n) is 5.44. The number of rotatable bonds is 5. The maximum absolute atomic E-state index is 11.0. The first kappa shape index (κ1) is 20.2. The second-order valence-electron chi connectivity index (χ2n) is 7.24. The predicted octanol–water partition coefficient (Wildman–Crippen LogP) is 4.89. The Labute approximate surface area is 171 Å². The molecule has 4 nitrogen and oxygen atoms in total. The first-order valence-electron chi connectivity index (χ1n) is 9.44. The zero-order valence-electron chi connectivity index (χ0n) is 15.8. The molecule has 1 fully saturated rings. The molecule has 0 amide bonds. The van der Waals surface area contributed by atoms with Crippen LogP contribution in [0.2, 0.25) is 0 Å². The number of nitrogens with one attached hydrogen (secondary N) is 1. The molecule has 3 aromatic rings. The van der Waals surface area contributed by atoms with Crippen LogP contribution in [0, 0.1) is 0 Å². The van der Waals surface area contributed by atoms with Crippen molar-refractivity contribution in [1.29, 1.82) is 0 Å². The summed E-state index contributed by atoms with van der Waals surface area (Å²) in [5, 5.41) is 15.4.